The molecule has 8 aromatic carbocycles. The summed E-state index contributed by atoms with van der Waals surface area (Å²) in [7, 11) is 0. The molecule has 12 aromatic heterocycles. The number of aromatic nitrogens is 17. The summed E-state index contributed by atoms with van der Waals surface area (Å²) in [4.78, 5) is 71.2. The molecular weight excluding hydrogens is 2240 g/mol. The van der Waals surface area contributed by atoms with Gasteiger partial charge in [0.25, 0.3) is 0 Å². The molecule has 21 heteroatoms. The smallest absolute Gasteiger partial charge is 0.164 e. The van der Waals surface area contributed by atoms with Crippen molar-refractivity contribution in [2.24, 2.45) is 0 Å². The average molecular weight is 2320 g/mol. The van der Waals surface area contributed by atoms with Crippen molar-refractivity contribution in [1.29, 1.82) is 0 Å². The monoisotopic (exact) mass is 2320 g/mol. The van der Waals surface area contributed by atoms with Crippen LogP contribution in [0.4, 0.5) is 0 Å². The maximum atomic E-state index is 4.44. The topological polar surface area (TPSA) is 219 Å². The van der Waals surface area contributed by atoms with Gasteiger partial charge in [-0.1, -0.05) is 97.1 Å². The molecule has 0 fully saturated rings. The zero-order valence-electron chi connectivity index (χ0n) is 65.9. The molecule has 0 amide bonds. The molecule has 17 nitrogen and oxygen atoms in total. The van der Waals surface area contributed by atoms with Gasteiger partial charge >= 0.3 is 0 Å². The average Bonchev–Trinajstić information content (AvgIpc) is 0.845. The third-order valence-corrected chi connectivity index (χ3v) is 16.9. The Labute approximate surface area is 775 Å². The van der Waals surface area contributed by atoms with Crippen LogP contribution in [0, 0.1) is 48.5 Å². The summed E-state index contributed by atoms with van der Waals surface area (Å²) < 4.78 is 0. The quantitative estimate of drug-likeness (QED) is 0.104. The molecule has 20 rings (SSSR count). The fraction of sp³-hybridized carbons (Fsp3) is 0. The number of hydrogen-bond acceptors (Lipinski definition) is 17. The third kappa shape index (κ3) is 30.2. The summed E-state index contributed by atoms with van der Waals surface area (Å²) in [6, 6.07) is 129. The second-order valence-corrected chi connectivity index (χ2v) is 25.1. The summed E-state index contributed by atoms with van der Waals surface area (Å²) in [5.74, 6) is 1.31. The maximum absolute atomic E-state index is 4.44. The van der Waals surface area contributed by atoms with Crippen LogP contribution in [0.15, 0.2) is 433 Å². The van der Waals surface area contributed by atoms with Crippen molar-refractivity contribution in [3.8, 4) is 135 Å². The van der Waals surface area contributed by atoms with Crippen LogP contribution in [0.3, 0.4) is 0 Å². The van der Waals surface area contributed by atoms with Crippen molar-refractivity contribution in [1.82, 2.24) is 84.7 Å². The van der Waals surface area contributed by atoms with E-state index in [1.165, 1.54) is 19.0 Å². The van der Waals surface area contributed by atoms with E-state index in [0.29, 0.717) is 11.6 Å². The van der Waals surface area contributed by atoms with Crippen LogP contribution in [0.2, 0.25) is 0 Å². The number of pyridine rings is 8. The molecule has 612 valence electrons. The van der Waals surface area contributed by atoms with Crippen LogP contribution < -0.4 is 0 Å². The fourth-order valence-corrected chi connectivity index (χ4v) is 11.0. The first-order chi connectivity index (χ1) is 59.6. The standard InChI is InChI=1S/3C15H10N3.C14H9N4.4C11H8N.4Ir/c1-2-5-12(6-3-1)14-8-7-13(11-18-14)15-16-9-4-10-17-15;1-2-4-12(5-3-1)15-7-6-13(10-18-15)14-8-16-11-17-9-14;1-2-4-12(5-3-1)14-7-6-13(10-18-14)15-11-16-8-9-17-15;1-2-4-11(5-3-1)13-7-6-12(8-16-13)14-17-9-15-10-18-14;4*1-2-6-10(7-3-1)11-8-4-5-9-12-11;;;;/h1-5,7-11H;2*1-4,6-11H;1-4,6-10H;4*1-6,8-9H;;;;/q8*-1;;;;. The van der Waals surface area contributed by atoms with Gasteiger partial charge in [-0.05, 0) is 75.9 Å². The van der Waals surface area contributed by atoms with E-state index in [1.807, 2.05) is 322 Å². The Balaban J connectivity index is 0.000000161. The van der Waals surface area contributed by atoms with E-state index in [1.54, 1.807) is 92.8 Å². The van der Waals surface area contributed by atoms with Gasteiger partial charge in [0.1, 0.15) is 19.0 Å². The molecule has 124 heavy (non-hydrogen) atoms. The number of nitrogens with zero attached hydrogens (tertiary/aromatic N) is 17. The molecule has 0 saturated heterocycles. The molecule has 20 aromatic rings. The van der Waals surface area contributed by atoms with Crippen molar-refractivity contribution in [2.75, 3.05) is 0 Å². The first-order valence-corrected chi connectivity index (χ1v) is 37.8. The molecule has 0 spiro atoms. The first kappa shape index (κ1) is 93.7. The van der Waals surface area contributed by atoms with Crippen LogP contribution in [0.25, 0.3) is 135 Å². The van der Waals surface area contributed by atoms with Gasteiger partial charge in [-0.25, -0.2) is 34.9 Å². The molecule has 0 aliphatic heterocycles. The number of benzene rings is 8. The Morgan fingerprint density at radius 2 is 0.411 bits per heavy atom. The van der Waals surface area contributed by atoms with Gasteiger partial charge in [0.15, 0.2) is 11.6 Å². The molecule has 0 aliphatic rings. The van der Waals surface area contributed by atoms with E-state index >= 15 is 0 Å². The Morgan fingerprint density at radius 3 is 0.669 bits per heavy atom. The summed E-state index contributed by atoms with van der Waals surface area (Å²) >= 11 is 0. The zero-order chi connectivity index (χ0) is 81.7. The number of rotatable bonds is 12. The fourth-order valence-electron chi connectivity index (χ4n) is 11.0. The Hall–Kier alpha value is -14.2. The molecule has 0 saturated carbocycles. The van der Waals surface area contributed by atoms with Crippen LogP contribution in [-0.4, -0.2) is 84.7 Å². The number of hydrogen-bond donors (Lipinski definition) is 0. The normalized spacial score (nSPS) is 9.68. The SMILES string of the molecule is [Ir].[Ir].[Ir].[Ir].[c-]1ccccc1-c1ccc(-c2cnccn2)cn1.[c-]1ccccc1-c1ccc(-c2cncnc2)cn1.[c-]1ccccc1-c1ccc(-c2ncccn2)cn1.[c-]1ccccc1-c1ccc(-c2ncncn2)cn1.[c-]1ccccc1-c1ccccn1.[c-]1ccccc1-c1ccccn1.[c-]1ccccc1-c1ccccn1.[c-]1ccccc1-c1ccccn1. The molecule has 0 aliphatic carbocycles. The van der Waals surface area contributed by atoms with Gasteiger partial charge < -0.3 is 39.9 Å². The summed E-state index contributed by atoms with van der Waals surface area (Å²) in [5, 5.41) is 0. The van der Waals surface area contributed by atoms with Crippen LogP contribution in [0.1, 0.15) is 0 Å². The van der Waals surface area contributed by atoms with Gasteiger partial charge in [0, 0.05) is 195 Å². The van der Waals surface area contributed by atoms with Gasteiger partial charge in [-0.15, -0.1) is 287 Å². The summed E-state index contributed by atoms with van der Waals surface area (Å²) in [6.45, 7) is 0. The van der Waals surface area contributed by atoms with E-state index < -0.39 is 0 Å². The summed E-state index contributed by atoms with van der Waals surface area (Å²) in [5.41, 5.74) is 21.1. The summed E-state index contributed by atoms with van der Waals surface area (Å²) in [6.07, 6.45) is 30.8. The van der Waals surface area contributed by atoms with Crippen molar-refractivity contribution >= 4 is 0 Å². The van der Waals surface area contributed by atoms with Gasteiger partial charge in [-0.3, -0.25) is 9.97 Å². The largest absolute Gasteiger partial charge is 0.305 e. The van der Waals surface area contributed by atoms with Crippen molar-refractivity contribution in [3.63, 3.8) is 0 Å². The predicted octanol–water partition coefficient (Wildman–Crippen LogP) is 21.6. The Kier molecular flexibility index (Phi) is 40.4. The van der Waals surface area contributed by atoms with Gasteiger partial charge in [-0.2, -0.15) is 0 Å². The minimum absolute atomic E-state index is 0. The molecule has 12 heterocycles. The molecule has 4 radical (unpaired) electrons. The molecule has 0 bridgehead atoms. The second-order valence-electron chi connectivity index (χ2n) is 25.1. The Morgan fingerprint density at radius 1 is 0.145 bits per heavy atom. The minimum atomic E-state index is 0. The van der Waals surface area contributed by atoms with E-state index in [4.69, 9.17) is 0 Å². The van der Waals surface area contributed by atoms with Gasteiger partial charge in [0.05, 0.1) is 11.9 Å². The van der Waals surface area contributed by atoms with E-state index in [-0.39, 0.29) is 80.4 Å². The third-order valence-electron chi connectivity index (χ3n) is 16.9. The first-order valence-electron chi connectivity index (χ1n) is 37.8. The Bertz CT molecular complexity index is 5000. The second kappa shape index (κ2) is 53.5. The van der Waals surface area contributed by atoms with E-state index in [2.05, 4.69) is 133 Å². The van der Waals surface area contributed by atoms with Crippen molar-refractivity contribution < 1.29 is 80.4 Å². The van der Waals surface area contributed by atoms with Gasteiger partial charge in [0.2, 0.25) is 0 Å². The van der Waals surface area contributed by atoms with E-state index in [0.717, 1.165) is 124 Å². The van der Waals surface area contributed by atoms with Crippen LogP contribution in [-0.2, 0) is 80.4 Å². The molecule has 0 unspecified atom stereocenters. The zero-order valence-corrected chi connectivity index (χ0v) is 75.5. The maximum Gasteiger partial charge on any atom is 0.164 e. The van der Waals surface area contributed by atoms with Crippen LogP contribution >= 0.6 is 0 Å². The van der Waals surface area contributed by atoms with E-state index in [9.17, 15) is 0 Å². The van der Waals surface area contributed by atoms with Crippen molar-refractivity contribution in [2.45, 2.75) is 0 Å². The molecule has 0 N–H and O–H groups in total. The van der Waals surface area contributed by atoms with Crippen molar-refractivity contribution in [3.05, 3.63) is 482 Å². The minimum Gasteiger partial charge on any atom is -0.305 e. The predicted molar refractivity (Wildman–Crippen MR) is 470 cm³/mol. The molecule has 0 atom stereocenters. The van der Waals surface area contributed by atoms with Crippen LogP contribution in [0.5, 0.6) is 0 Å². The molecular formula is C103H71Ir4N17-8.